The molecule has 4 rings (SSSR count). The molecule has 0 N–H and O–H groups in total. The van der Waals surface area contributed by atoms with Crippen LogP contribution in [0.25, 0.3) is 0 Å². The number of hydrazone groups is 1. The number of nitro groups is 1. The highest BCUT2D eigenvalue weighted by Gasteiger charge is 2.26. The van der Waals surface area contributed by atoms with Gasteiger partial charge in [0.05, 0.1) is 42.0 Å². The lowest BCUT2D eigenvalue weighted by molar-refractivity contribution is -0.385. The Bertz CT molecular complexity index is 846. The largest absolute Gasteiger partial charge is 0.379 e. The molecule has 0 radical (unpaired) electrons. The van der Waals surface area contributed by atoms with E-state index in [0.29, 0.717) is 24.1 Å². The Labute approximate surface area is 204 Å². The van der Waals surface area contributed by atoms with Crippen molar-refractivity contribution in [2.75, 3.05) is 39.9 Å². The van der Waals surface area contributed by atoms with Crippen molar-refractivity contribution >= 4 is 23.5 Å². The number of morpholine rings is 1. The summed E-state index contributed by atoms with van der Waals surface area (Å²) in [6.45, 7) is 18.7. The van der Waals surface area contributed by atoms with E-state index in [1.165, 1.54) is 12.1 Å². The van der Waals surface area contributed by atoms with Gasteiger partial charge in [0, 0.05) is 24.7 Å². The highest BCUT2D eigenvalue weighted by Crippen LogP contribution is 2.22. The molecule has 34 heavy (non-hydrogen) atoms. The third-order valence-electron chi connectivity index (χ3n) is 4.66. The molecule has 3 aliphatic heterocycles. The number of hydrogen-bond acceptors (Lipinski definition) is 8. The minimum atomic E-state index is -0.564. The van der Waals surface area contributed by atoms with E-state index in [4.69, 9.17) is 4.74 Å². The van der Waals surface area contributed by atoms with Gasteiger partial charge in [-0.15, -0.1) is 0 Å². The van der Waals surface area contributed by atoms with Crippen LogP contribution in [0.4, 0.5) is 5.69 Å². The van der Waals surface area contributed by atoms with Crippen molar-refractivity contribution in [1.82, 2.24) is 9.91 Å². The molecule has 0 aliphatic carbocycles. The summed E-state index contributed by atoms with van der Waals surface area (Å²) < 4.78 is 5.10. The van der Waals surface area contributed by atoms with Crippen LogP contribution in [0.5, 0.6) is 0 Å². The molecule has 9 nitrogen and oxygen atoms in total. The fraction of sp³-hybridized carbons (Fsp3) is 0.560. The first-order valence-electron chi connectivity index (χ1n) is 12.1. The molecular weight excluding hydrogens is 434 g/mol. The van der Waals surface area contributed by atoms with Gasteiger partial charge in [0.2, 0.25) is 0 Å². The van der Waals surface area contributed by atoms with Crippen LogP contribution in [0.1, 0.15) is 64.4 Å². The van der Waals surface area contributed by atoms with Crippen LogP contribution >= 0.6 is 0 Å². The number of aliphatic imine (C=N–C) groups is 1. The van der Waals surface area contributed by atoms with Crippen LogP contribution in [0.3, 0.4) is 0 Å². The predicted molar refractivity (Wildman–Crippen MR) is 140 cm³/mol. The first-order chi connectivity index (χ1) is 16.5. The van der Waals surface area contributed by atoms with Crippen molar-refractivity contribution in [3.63, 3.8) is 0 Å². The number of aldehydes is 1. The first-order valence-corrected chi connectivity index (χ1v) is 12.1. The van der Waals surface area contributed by atoms with Crippen LogP contribution < -0.4 is 0 Å². The van der Waals surface area contributed by atoms with Crippen molar-refractivity contribution in [2.24, 2.45) is 10.1 Å². The highest BCUT2D eigenvalue weighted by atomic mass is 16.6. The average Bonchev–Trinajstić information content (AvgIpc) is 3.28. The number of benzene rings is 1. The second-order valence-corrected chi connectivity index (χ2v) is 6.78. The monoisotopic (exact) mass is 475 g/mol. The van der Waals surface area contributed by atoms with Crippen molar-refractivity contribution in [3.8, 4) is 0 Å². The molecule has 3 heterocycles. The lowest BCUT2D eigenvalue weighted by Gasteiger charge is -2.22. The van der Waals surface area contributed by atoms with Gasteiger partial charge in [0.25, 0.3) is 5.69 Å². The second kappa shape index (κ2) is 17.6. The van der Waals surface area contributed by atoms with Crippen LogP contribution in [-0.4, -0.2) is 78.6 Å². The first kappa shape index (κ1) is 31.1. The number of hydrogen-bond donors (Lipinski definition) is 0. The molecule has 1 aromatic carbocycles. The number of carbonyl (C=O) groups is 1. The second-order valence-electron chi connectivity index (χ2n) is 6.78. The number of likely N-dealkylation sites (N-methyl/N-ethyl adjacent to an activating group) is 1. The summed E-state index contributed by atoms with van der Waals surface area (Å²) in [6, 6.07) is 4.64. The Kier molecular flexibility index (Phi) is 16.0. The standard InChI is InChI=1S/C14H12N4O3.C5H11NO.3C2H6/c1-9-7-15-14-5-4-12(16-17(9)14)10-2-3-11(8-19)13(6-10)18(20)21;1-6-2-4-7-5-3-6;3*1-2/h2-6,8-9H,7H2,1H3;2-5H2,1H3;3*1-2H3. The molecule has 1 unspecified atom stereocenters. The Balaban J connectivity index is 0.000000700. The van der Waals surface area contributed by atoms with E-state index in [0.717, 1.165) is 32.1 Å². The molecule has 0 amide bonds. The normalized spacial score (nSPS) is 18.0. The molecule has 1 saturated heterocycles. The zero-order valence-electron chi connectivity index (χ0n) is 21.9. The Hall–Kier alpha value is -2.91. The van der Waals surface area contributed by atoms with E-state index in [1.54, 1.807) is 17.2 Å². The van der Waals surface area contributed by atoms with E-state index >= 15 is 0 Å². The summed E-state index contributed by atoms with van der Waals surface area (Å²) in [4.78, 5) is 27.9. The van der Waals surface area contributed by atoms with E-state index < -0.39 is 4.92 Å². The van der Waals surface area contributed by atoms with Crippen molar-refractivity contribution in [1.29, 1.82) is 0 Å². The van der Waals surface area contributed by atoms with Crippen LogP contribution in [0, 0.1) is 10.1 Å². The smallest absolute Gasteiger partial charge is 0.280 e. The molecule has 0 aromatic heterocycles. The SMILES string of the molecule is CC.CC.CC.CC1CN=C2C=CC(c3ccc(C=O)c([N+](=O)[O-])c3)=NN21.CN1CCOCC1. The highest BCUT2D eigenvalue weighted by molar-refractivity contribution is 6.15. The van der Waals surface area contributed by atoms with Gasteiger partial charge in [0.1, 0.15) is 5.84 Å². The lowest BCUT2D eigenvalue weighted by Crippen LogP contribution is -2.32. The predicted octanol–water partition coefficient (Wildman–Crippen LogP) is 4.81. The molecule has 9 heteroatoms. The number of allylic oxidation sites excluding steroid dienone is 1. The summed E-state index contributed by atoms with van der Waals surface area (Å²) in [6.07, 6.45) is 4.09. The van der Waals surface area contributed by atoms with Gasteiger partial charge in [-0.25, -0.2) is 5.01 Å². The zero-order valence-corrected chi connectivity index (χ0v) is 21.9. The van der Waals surface area contributed by atoms with Gasteiger partial charge in [0.15, 0.2) is 6.29 Å². The lowest BCUT2D eigenvalue weighted by atomic mass is 10.0. The molecule has 1 atom stereocenters. The van der Waals surface area contributed by atoms with E-state index in [9.17, 15) is 14.9 Å². The molecule has 0 bridgehead atoms. The minimum Gasteiger partial charge on any atom is -0.379 e. The topological polar surface area (TPSA) is 101 Å². The van der Waals surface area contributed by atoms with Crippen LogP contribution in [0.15, 0.2) is 40.4 Å². The van der Waals surface area contributed by atoms with Crippen molar-refractivity contribution in [3.05, 3.63) is 51.6 Å². The number of fused-ring (bicyclic) bond motifs is 1. The average molecular weight is 476 g/mol. The number of ether oxygens (including phenoxy) is 1. The van der Waals surface area contributed by atoms with Gasteiger partial charge >= 0.3 is 0 Å². The number of carbonyl (C=O) groups excluding carboxylic acids is 1. The summed E-state index contributed by atoms with van der Waals surface area (Å²) in [7, 11) is 2.11. The quantitative estimate of drug-likeness (QED) is 0.353. The summed E-state index contributed by atoms with van der Waals surface area (Å²) in [5, 5.41) is 17.3. The number of rotatable bonds is 3. The molecule has 1 fully saturated rings. The van der Waals surface area contributed by atoms with Gasteiger partial charge in [-0.2, -0.15) is 5.10 Å². The molecule has 3 aliphatic rings. The third kappa shape index (κ3) is 9.15. The number of nitrogens with zero attached hydrogens (tertiary/aromatic N) is 5. The molecule has 0 spiro atoms. The van der Waals surface area contributed by atoms with Crippen molar-refractivity contribution < 1.29 is 14.5 Å². The minimum absolute atomic E-state index is 0.0564. The Morgan fingerprint density at radius 2 is 1.71 bits per heavy atom. The summed E-state index contributed by atoms with van der Waals surface area (Å²) in [5.41, 5.74) is 1.05. The summed E-state index contributed by atoms with van der Waals surface area (Å²) in [5.74, 6) is 0.797. The van der Waals surface area contributed by atoms with Crippen LogP contribution in [0.2, 0.25) is 0 Å². The van der Waals surface area contributed by atoms with E-state index in [1.807, 2.05) is 54.5 Å². The maximum atomic E-state index is 11.0. The fourth-order valence-electron chi connectivity index (χ4n) is 2.95. The number of nitro benzene ring substituents is 1. The Morgan fingerprint density at radius 3 is 2.21 bits per heavy atom. The molecule has 190 valence electrons. The Morgan fingerprint density at radius 1 is 1.09 bits per heavy atom. The summed E-state index contributed by atoms with van der Waals surface area (Å²) >= 11 is 0. The van der Waals surface area contributed by atoms with Gasteiger partial charge in [-0.1, -0.05) is 47.6 Å². The van der Waals surface area contributed by atoms with Crippen LogP contribution in [-0.2, 0) is 4.74 Å². The fourth-order valence-corrected chi connectivity index (χ4v) is 2.95. The van der Waals surface area contributed by atoms with Gasteiger partial charge < -0.3 is 9.64 Å². The van der Waals surface area contributed by atoms with Gasteiger partial charge in [-0.05, 0) is 32.2 Å². The van der Waals surface area contributed by atoms with E-state index in [2.05, 4.69) is 22.0 Å². The molecule has 1 aromatic rings. The maximum absolute atomic E-state index is 11.0. The zero-order chi connectivity index (χ0) is 26.1. The number of amidine groups is 1. The van der Waals surface area contributed by atoms with E-state index in [-0.39, 0.29) is 17.3 Å². The molecule has 0 saturated carbocycles. The molecular formula is C25H41N5O4. The van der Waals surface area contributed by atoms with Crippen molar-refractivity contribution in [2.45, 2.75) is 54.5 Å². The third-order valence-corrected chi connectivity index (χ3v) is 4.66. The maximum Gasteiger partial charge on any atom is 0.280 e. The van der Waals surface area contributed by atoms with Gasteiger partial charge in [-0.3, -0.25) is 19.9 Å².